The topological polar surface area (TPSA) is 3.24 Å². The highest BCUT2D eigenvalue weighted by Crippen LogP contribution is 2.04. The van der Waals surface area contributed by atoms with Crippen molar-refractivity contribution in [3.8, 4) is 0 Å². The third kappa shape index (κ3) is 8.06. The summed E-state index contributed by atoms with van der Waals surface area (Å²) in [5, 5.41) is 0. The highest BCUT2D eigenvalue weighted by Gasteiger charge is 2.04. The summed E-state index contributed by atoms with van der Waals surface area (Å²) in [5.74, 6) is 0. The monoisotopic (exact) mass is 173 g/mol. The Kier molecular flexibility index (Phi) is 13.2. The molecule has 0 heterocycles. The van der Waals surface area contributed by atoms with E-state index in [9.17, 15) is 0 Å². The maximum Gasteiger partial charge on any atom is 0.00637 e. The van der Waals surface area contributed by atoms with Crippen LogP contribution in [-0.4, -0.2) is 24.5 Å². The first-order valence-electron chi connectivity index (χ1n) is 5.42. The highest BCUT2D eigenvalue weighted by atomic mass is 15.1. The number of unbranched alkanes of at least 4 members (excludes halogenated alkanes) is 1. The summed E-state index contributed by atoms with van der Waals surface area (Å²) in [5.41, 5.74) is 0. The summed E-state index contributed by atoms with van der Waals surface area (Å²) < 4.78 is 0. The van der Waals surface area contributed by atoms with E-state index in [1.807, 2.05) is 13.8 Å². The average molecular weight is 173 g/mol. The van der Waals surface area contributed by atoms with Crippen LogP contribution in [0, 0.1) is 0 Å². The second-order valence-corrected chi connectivity index (χ2v) is 3.06. The smallest absolute Gasteiger partial charge is 0.00637 e. The molecular formula is C11H27N. The average Bonchev–Trinajstić information content (AvgIpc) is 2.16. The molecule has 0 radical (unpaired) electrons. The molecule has 0 aliphatic carbocycles. The van der Waals surface area contributed by atoms with Crippen molar-refractivity contribution in [1.82, 2.24) is 4.90 Å². The second kappa shape index (κ2) is 11.0. The van der Waals surface area contributed by atoms with Gasteiger partial charge in [0.25, 0.3) is 0 Å². The normalized spacial score (nSPS) is 12.2. The zero-order chi connectivity index (χ0) is 9.98. The van der Waals surface area contributed by atoms with Crippen LogP contribution in [0.3, 0.4) is 0 Å². The van der Waals surface area contributed by atoms with Crippen LogP contribution in [-0.2, 0) is 0 Å². The number of nitrogens with zero attached hydrogens (tertiary/aromatic N) is 1. The van der Waals surface area contributed by atoms with E-state index in [0.29, 0.717) is 0 Å². The van der Waals surface area contributed by atoms with Gasteiger partial charge in [-0.2, -0.15) is 0 Å². The quantitative estimate of drug-likeness (QED) is 0.614. The number of rotatable bonds is 5. The predicted octanol–water partition coefficient (Wildman–Crippen LogP) is 3.54. The molecule has 0 amide bonds. The highest BCUT2D eigenvalue weighted by molar-refractivity contribution is 4.60. The first kappa shape index (κ1) is 14.5. The first-order chi connectivity index (χ1) is 5.72. The molecule has 0 aromatic carbocycles. The van der Waals surface area contributed by atoms with Crippen molar-refractivity contribution in [3.05, 3.63) is 0 Å². The summed E-state index contributed by atoms with van der Waals surface area (Å²) >= 11 is 0. The Morgan fingerprint density at radius 3 is 2.00 bits per heavy atom. The molecule has 76 valence electrons. The fourth-order valence-electron chi connectivity index (χ4n) is 1.03. The Balaban J connectivity index is 0. The van der Waals surface area contributed by atoms with E-state index in [0.717, 1.165) is 6.04 Å². The van der Waals surface area contributed by atoms with Gasteiger partial charge in [0.2, 0.25) is 0 Å². The van der Waals surface area contributed by atoms with E-state index in [2.05, 4.69) is 32.7 Å². The lowest BCUT2D eigenvalue weighted by Gasteiger charge is -2.22. The third-order valence-corrected chi connectivity index (χ3v) is 2.23. The molecule has 0 unspecified atom stereocenters. The fraction of sp³-hybridized carbons (Fsp3) is 1.00. The molecule has 0 aromatic rings. The van der Waals surface area contributed by atoms with Gasteiger partial charge < -0.3 is 4.90 Å². The molecule has 0 saturated heterocycles. The van der Waals surface area contributed by atoms with Crippen LogP contribution in [0.5, 0.6) is 0 Å². The predicted molar refractivity (Wildman–Crippen MR) is 58.6 cm³/mol. The van der Waals surface area contributed by atoms with Crippen molar-refractivity contribution < 1.29 is 0 Å². The van der Waals surface area contributed by atoms with Gasteiger partial charge in [-0.1, -0.05) is 40.5 Å². The summed E-state index contributed by atoms with van der Waals surface area (Å²) in [7, 11) is 2.19. The summed E-state index contributed by atoms with van der Waals surface area (Å²) in [6.07, 6.45) is 4.04. The van der Waals surface area contributed by atoms with Crippen LogP contribution in [0.4, 0.5) is 0 Å². The number of hydrogen-bond donors (Lipinski definition) is 0. The molecule has 0 aromatic heterocycles. The van der Waals surface area contributed by atoms with Crippen LogP contribution in [0.15, 0.2) is 0 Å². The van der Waals surface area contributed by atoms with Gasteiger partial charge in [-0.15, -0.1) is 0 Å². The van der Waals surface area contributed by atoms with Gasteiger partial charge in [0.1, 0.15) is 0 Å². The minimum absolute atomic E-state index is 0.768. The summed E-state index contributed by atoms with van der Waals surface area (Å²) in [6, 6.07) is 0.768. The summed E-state index contributed by atoms with van der Waals surface area (Å²) in [6.45, 7) is 11.9. The Morgan fingerprint density at radius 1 is 1.17 bits per heavy atom. The minimum Gasteiger partial charge on any atom is -0.304 e. The Bertz CT molecular complexity index is 71.4. The van der Waals surface area contributed by atoms with Gasteiger partial charge in [-0.05, 0) is 26.9 Å². The lowest BCUT2D eigenvalue weighted by molar-refractivity contribution is 0.254. The standard InChI is InChI=1S/C9H21N.C2H6/c1-5-7-8-9(3)10(4)6-2;1-2/h9H,5-8H2,1-4H3;1-2H3/t9-;/m0./s1. The van der Waals surface area contributed by atoms with Crippen molar-refractivity contribution in [2.45, 2.75) is 59.9 Å². The maximum atomic E-state index is 2.40. The molecule has 12 heavy (non-hydrogen) atoms. The molecule has 0 saturated carbocycles. The molecular weight excluding hydrogens is 146 g/mol. The largest absolute Gasteiger partial charge is 0.304 e. The van der Waals surface area contributed by atoms with E-state index in [1.54, 1.807) is 0 Å². The molecule has 0 aliphatic heterocycles. The molecule has 0 rings (SSSR count). The molecule has 0 bridgehead atoms. The molecule has 0 aliphatic rings. The van der Waals surface area contributed by atoms with Crippen molar-refractivity contribution in [1.29, 1.82) is 0 Å². The Hall–Kier alpha value is -0.0400. The van der Waals surface area contributed by atoms with Crippen molar-refractivity contribution >= 4 is 0 Å². The fourth-order valence-corrected chi connectivity index (χ4v) is 1.03. The van der Waals surface area contributed by atoms with E-state index >= 15 is 0 Å². The van der Waals surface area contributed by atoms with Gasteiger partial charge in [-0.3, -0.25) is 0 Å². The van der Waals surface area contributed by atoms with Gasteiger partial charge in [0.15, 0.2) is 0 Å². The zero-order valence-electron chi connectivity index (χ0n) is 9.85. The second-order valence-electron chi connectivity index (χ2n) is 3.06. The molecule has 0 N–H and O–H groups in total. The molecule has 0 spiro atoms. The van der Waals surface area contributed by atoms with E-state index < -0.39 is 0 Å². The maximum absolute atomic E-state index is 2.40. The SMILES string of the molecule is CC.CCCC[C@H](C)N(C)CC. The van der Waals surface area contributed by atoms with Crippen LogP contribution in [0.1, 0.15) is 53.9 Å². The molecule has 1 atom stereocenters. The van der Waals surface area contributed by atoms with Gasteiger partial charge in [-0.25, -0.2) is 0 Å². The zero-order valence-corrected chi connectivity index (χ0v) is 9.85. The Morgan fingerprint density at radius 2 is 1.67 bits per heavy atom. The van der Waals surface area contributed by atoms with Crippen LogP contribution >= 0.6 is 0 Å². The molecule has 0 fully saturated rings. The van der Waals surface area contributed by atoms with Gasteiger partial charge >= 0.3 is 0 Å². The number of hydrogen-bond acceptors (Lipinski definition) is 1. The van der Waals surface area contributed by atoms with Crippen molar-refractivity contribution in [2.24, 2.45) is 0 Å². The van der Waals surface area contributed by atoms with E-state index in [-0.39, 0.29) is 0 Å². The van der Waals surface area contributed by atoms with Crippen LogP contribution in [0.2, 0.25) is 0 Å². The Labute approximate surface area is 79.2 Å². The summed E-state index contributed by atoms with van der Waals surface area (Å²) in [4.78, 5) is 2.40. The van der Waals surface area contributed by atoms with Crippen LogP contribution in [0.25, 0.3) is 0 Å². The lowest BCUT2D eigenvalue weighted by Crippen LogP contribution is -2.28. The van der Waals surface area contributed by atoms with Crippen molar-refractivity contribution in [3.63, 3.8) is 0 Å². The van der Waals surface area contributed by atoms with Crippen LogP contribution < -0.4 is 0 Å². The lowest BCUT2D eigenvalue weighted by atomic mass is 10.1. The van der Waals surface area contributed by atoms with Gasteiger partial charge in [0, 0.05) is 6.04 Å². The molecule has 1 heteroatoms. The van der Waals surface area contributed by atoms with E-state index in [4.69, 9.17) is 0 Å². The molecule has 1 nitrogen and oxygen atoms in total. The van der Waals surface area contributed by atoms with E-state index in [1.165, 1.54) is 25.8 Å². The first-order valence-corrected chi connectivity index (χ1v) is 5.42. The van der Waals surface area contributed by atoms with Crippen molar-refractivity contribution in [2.75, 3.05) is 13.6 Å². The van der Waals surface area contributed by atoms with Gasteiger partial charge in [0.05, 0.1) is 0 Å². The minimum atomic E-state index is 0.768. The third-order valence-electron chi connectivity index (χ3n) is 2.23.